The fraction of sp³-hybridized carbons (Fsp3) is 0.680. The van der Waals surface area contributed by atoms with Gasteiger partial charge in [0.1, 0.15) is 13.2 Å². The highest BCUT2D eigenvalue weighted by molar-refractivity contribution is 5.97. The molecule has 2 heterocycles. The number of nitrogens with one attached hydrogen (secondary N) is 2. The van der Waals surface area contributed by atoms with Crippen molar-refractivity contribution in [3.8, 4) is 11.5 Å². The Morgan fingerprint density at radius 3 is 2.09 bits per heavy atom. The van der Waals surface area contributed by atoms with Crippen LogP contribution in [0.2, 0.25) is 0 Å². The van der Waals surface area contributed by atoms with E-state index < -0.39 is 0 Å². The van der Waals surface area contributed by atoms with Crippen molar-refractivity contribution in [3.05, 3.63) is 18.2 Å². The third-order valence-electron chi connectivity index (χ3n) is 6.74. The molecule has 0 bridgehead atoms. The Morgan fingerprint density at radius 1 is 0.812 bits per heavy atom. The number of carbonyl (C=O) groups is 2. The van der Waals surface area contributed by atoms with Crippen LogP contribution in [0.1, 0.15) is 77.0 Å². The summed E-state index contributed by atoms with van der Waals surface area (Å²) in [6, 6.07) is 5.44. The van der Waals surface area contributed by atoms with Gasteiger partial charge in [0.2, 0.25) is 5.91 Å². The number of benzene rings is 1. The maximum atomic E-state index is 12.7. The van der Waals surface area contributed by atoms with Gasteiger partial charge in [0, 0.05) is 30.8 Å². The number of anilines is 1. The Labute approximate surface area is 191 Å². The topological polar surface area (TPSA) is 79.9 Å². The van der Waals surface area contributed by atoms with Gasteiger partial charge in [-0.05, 0) is 25.0 Å². The van der Waals surface area contributed by atoms with Gasteiger partial charge in [-0.2, -0.15) is 0 Å². The van der Waals surface area contributed by atoms with Crippen LogP contribution in [0.3, 0.4) is 0 Å². The Balaban J connectivity index is 1.28. The van der Waals surface area contributed by atoms with E-state index >= 15 is 0 Å². The normalized spacial score (nSPS) is 23.2. The molecule has 3 amide bonds. The van der Waals surface area contributed by atoms with Crippen molar-refractivity contribution >= 4 is 17.6 Å². The number of nitrogens with zero attached hydrogens (tertiary/aromatic N) is 1. The number of fused-ring (bicyclic) bond motifs is 1. The molecule has 32 heavy (non-hydrogen) atoms. The van der Waals surface area contributed by atoms with E-state index in [9.17, 15) is 9.59 Å². The molecule has 2 aliphatic heterocycles. The van der Waals surface area contributed by atoms with Gasteiger partial charge in [0.15, 0.2) is 11.5 Å². The summed E-state index contributed by atoms with van der Waals surface area (Å²) < 4.78 is 11.2. The van der Waals surface area contributed by atoms with E-state index in [4.69, 9.17) is 9.47 Å². The highest BCUT2D eigenvalue weighted by Crippen LogP contribution is 2.35. The van der Waals surface area contributed by atoms with Gasteiger partial charge in [-0.3, -0.25) is 4.79 Å². The summed E-state index contributed by atoms with van der Waals surface area (Å²) in [6.45, 7) is 1.52. The highest BCUT2D eigenvalue weighted by Gasteiger charge is 2.32. The van der Waals surface area contributed by atoms with Crippen LogP contribution >= 0.6 is 0 Å². The first-order chi connectivity index (χ1) is 15.7. The molecule has 4 rings (SSSR count). The van der Waals surface area contributed by atoms with E-state index in [0.29, 0.717) is 37.7 Å². The zero-order chi connectivity index (χ0) is 22.2. The van der Waals surface area contributed by atoms with Crippen molar-refractivity contribution in [2.75, 3.05) is 24.7 Å². The minimum atomic E-state index is -0.193. The van der Waals surface area contributed by atoms with Gasteiger partial charge >= 0.3 is 6.03 Å². The van der Waals surface area contributed by atoms with Crippen molar-refractivity contribution in [2.24, 2.45) is 0 Å². The van der Waals surface area contributed by atoms with E-state index in [1.54, 1.807) is 4.90 Å². The van der Waals surface area contributed by atoms with E-state index in [1.807, 2.05) is 18.2 Å². The molecule has 1 aromatic rings. The monoisotopic (exact) mass is 443 g/mol. The quantitative estimate of drug-likeness (QED) is 0.719. The first kappa shape index (κ1) is 22.7. The predicted octanol–water partition coefficient (Wildman–Crippen LogP) is 4.54. The van der Waals surface area contributed by atoms with E-state index in [0.717, 1.165) is 18.5 Å². The Bertz CT molecular complexity index is 772. The Kier molecular flexibility index (Phi) is 8.13. The lowest BCUT2D eigenvalue weighted by atomic mass is 9.98. The van der Waals surface area contributed by atoms with Crippen LogP contribution in [-0.4, -0.2) is 43.8 Å². The van der Waals surface area contributed by atoms with Crippen LogP contribution < -0.4 is 25.0 Å². The average Bonchev–Trinajstić information content (AvgIpc) is 3.15. The molecule has 0 aromatic heterocycles. The highest BCUT2D eigenvalue weighted by atomic mass is 16.6. The van der Waals surface area contributed by atoms with Gasteiger partial charge in [0.05, 0.1) is 6.04 Å². The Morgan fingerprint density at radius 2 is 1.41 bits per heavy atom. The summed E-state index contributed by atoms with van der Waals surface area (Å²) in [5.74, 6) is 1.38. The van der Waals surface area contributed by atoms with Crippen molar-refractivity contribution < 1.29 is 19.1 Å². The summed E-state index contributed by atoms with van der Waals surface area (Å²) in [6.07, 6.45) is 13.9. The predicted molar refractivity (Wildman–Crippen MR) is 124 cm³/mol. The molecule has 1 aliphatic carbocycles. The van der Waals surface area contributed by atoms with Gasteiger partial charge in [-0.25, -0.2) is 4.79 Å². The standard InChI is InChI=1S/C25H37N3O4/c29-24-16-20(18-28(24)21-12-13-22-23(17-21)32-15-14-31-22)27-25(30)26-19-10-8-6-4-2-1-3-5-7-9-11-19/h12-13,17,19-20H,1-11,14-16,18H2,(H2,26,27,30). The number of ether oxygens (including phenoxy) is 2. The molecule has 1 saturated heterocycles. The van der Waals surface area contributed by atoms with Crippen molar-refractivity contribution in [2.45, 2.75) is 89.1 Å². The molecule has 1 unspecified atom stereocenters. The molecule has 0 spiro atoms. The summed E-state index contributed by atoms with van der Waals surface area (Å²) in [5, 5.41) is 6.23. The van der Waals surface area contributed by atoms with E-state index in [-0.39, 0.29) is 24.0 Å². The zero-order valence-corrected chi connectivity index (χ0v) is 19.1. The molecular weight excluding hydrogens is 406 g/mol. The number of rotatable bonds is 3. The summed E-state index contributed by atoms with van der Waals surface area (Å²) >= 11 is 0. The van der Waals surface area contributed by atoms with Crippen LogP contribution in [0, 0.1) is 0 Å². The van der Waals surface area contributed by atoms with Crippen LogP contribution in [0.5, 0.6) is 11.5 Å². The molecule has 1 atom stereocenters. The smallest absolute Gasteiger partial charge is 0.315 e. The number of carbonyl (C=O) groups excluding carboxylic acids is 2. The third kappa shape index (κ3) is 6.30. The fourth-order valence-corrected chi connectivity index (χ4v) is 4.97. The molecule has 2 fully saturated rings. The van der Waals surface area contributed by atoms with Crippen LogP contribution in [0.4, 0.5) is 10.5 Å². The second-order valence-electron chi connectivity index (χ2n) is 9.31. The lowest BCUT2D eigenvalue weighted by Gasteiger charge is -2.23. The first-order valence-electron chi connectivity index (χ1n) is 12.5. The van der Waals surface area contributed by atoms with Gasteiger partial charge < -0.3 is 25.0 Å². The second kappa shape index (κ2) is 11.4. The SMILES string of the molecule is O=C(NC1CCCCCCCCCCC1)NC1CC(=O)N(c2ccc3c(c2)OCCO3)C1. The lowest BCUT2D eigenvalue weighted by Crippen LogP contribution is -2.47. The summed E-state index contributed by atoms with van der Waals surface area (Å²) in [7, 11) is 0. The summed E-state index contributed by atoms with van der Waals surface area (Å²) in [4.78, 5) is 27.0. The third-order valence-corrected chi connectivity index (χ3v) is 6.74. The number of hydrogen-bond donors (Lipinski definition) is 2. The second-order valence-corrected chi connectivity index (χ2v) is 9.31. The van der Waals surface area contributed by atoms with Crippen molar-refractivity contribution in [3.63, 3.8) is 0 Å². The molecule has 1 aromatic carbocycles. The van der Waals surface area contributed by atoms with Crippen LogP contribution in [0.15, 0.2) is 18.2 Å². The minimum Gasteiger partial charge on any atom is -0.486 e. The van der Waals surface area contributed by atoms with E-state index in [1.165, 1.54) is 57.8 Å². The lowest BCUT2D eigenvalue weighted by molar-refractivity contribution is -0.117. The minimum absolute atomic E-state index is 0.0120. The maximum absolute atomic E-state index is 12.7. The van der Waals surface area contributed by atoms with Gasteiger partial charge in [-0.15, -0.1) is 0 Å². The largest absolute Gasteiger partial charge is 0.486 e. The van der Waals surface area contributed by atoms with Crippen molar-refractivity contribution in [1.82, 2.24) is 10.6 Å². The van der Waals surface area contributed by atoms with E-state index in [2.05, 4.69) is 10.6 Å². The molecule has 7 heteroatoms. The molecule has 7 nitrogen and oxygen atoms in total. The molecule has 176 valence electrons. The first-order valence-corrected chi connectivity index (χ1v) is 12.5. The average molecular weight is 444 g/mol. The molecule has 3 aliphatic rings. The molecule has 0 radical (unpaired) electrons. The van der Waals surface area contributed by atoms with Gasteiger partial charge in [-0.1, -0.05) is 57.8 Å². The van der Waals surface area contributed by atoms with Crippen LogP contribution in [-0.2, 0) is 4.79 Å². The summed E-state index contributed by atoms with van der Waals surface area (Å²) in [5.41, 5.74) is 0.781. The fourth-order valence-electron chi connectivity index (χ4n) is 4.97. The molecule has 2 N–H and O–H groups in total. The number of hydrogen-bond acceptors (Lipinski definition) is 4. The number of amides is 3. The van der Waals surface area contributed by atoms with Gasteiger partial charge in [0.25, 0.3) is 0 Å². The molecular formula is C25H37N3O4. The van der Waals surface area contributed by atoms with Crippen LogP contribution in [0.25, 0.3) is 0 Å². The zero-order valence-electron chi connectivity index (χ0n) is 19.1. The van der Waals surface area contributed by atoms with Crippen molar-refractivity contribution in [1.29, 1.82) is 0 Å². The Hall–Kier alpha value is -2.44. The number of urea groups is 1. The maximum Gasteiger partial charge on any atom is 0.315 e. The molecule has 1 saturated carbocycles.